The van der Waals surface area contributed by atoms with Crippen LogP contribution < -0.4 is 9.80 Å². The first kappa shape index (κ1) is 43.3. The smallest absolute Gasteiger partial charge is 0.135 e. The number of nitrogens with zero attached hydrogens (tertiary/aromatic N) is 2. The zero-order chi connectivity index (χ0) is 48.5. The van der Waals surface area contributed by atoms with Crippen molar-refractivity contribution < 1.29 is 4.42 Å². The second kappa shape index (κ2) is 18.9. The van der Waals surface area contributed by atoms with Gasteiger partial charge in [0, 0.05) is 44.9 Å². The van der Waals surface area contributed by atoms with Crippen LogP contribution in [0.3, 0.4) is 0 Å². The van der Waals surface area contributed by atoms with E-state index in [4.69, 9.17) is 4.42 Å². The maximum atomic E-state index is 6.21. The number of hydrogen-bond donors (Lipinski definition) is 0. The number of benzene rings is 12. The Morgan fingerprint density at radius 3 is 1.04 bits per heavy atom. The summed E-state index contributed by atoms with van der Waals surface area (Å²) < 4.78 is 6.21. The fourth-order valence-electron chi connectivity index (χ4n) is 10.3. The highest BCUT2D eigenvalue weighted by Crippen LogP contribution is 2.45. The van der Waals surface area contributed by atoms with E-state index in [-0.39, 0.29) is 0 Å². The van der Waals surface area contributed by atoms with E-state index in [0.29, 0.717) is 0 Å². The number of furan rings is 1. The number of para-hydroxylation sites is 1. The molecule has 0 fully saturated rings. The van der Waals surface area contributed by atoms with Crippen LogP contribution in [0, 0.1) is 0 Å². The standard InChI is InChI=1S/C70H48N2O/c1-4-14-49(15-5-1)53-26-35-61(36-27-53)71(62-37-28-54(29-38-62)50-16-6-2-7-17-50)65-45-60(58-25-24-52-20-10-11-21-57(52)44-58)46-66(48-65)72(63-39-30-55(31-40-63)51-18-8-3-9-19-51)64-41-32-56(33-42-64)59-34-43-70-68(47-59)67-22-12-13-23-69(67)73-70/h1-48H. The van der Waals surface area contributed by atoms with Crippen molar-refractivity contribution in [1.29, 1.82) is 0 Å². The average molecular weight is 933 g/mol. The maximum Gasteiger partial charge on any atom is 0.135 e. The first-order chi connectivity index (χ1) is 36.1. The minimum absolute atomic E-state index is 0.891. The summed E-state index contributed by atoms with van der Waals surface area (Å²) in [5.41, 5.74) is 19.6. The Kier molecular flexibility index (Phi) is 11.2. The van der Waals surface area contributed by atoms with Crippen molar-refractivity contribution in [3.8, 4) is 55.6 Å². The maximum absolute atomic E-state index is 6.21. The van der Waals surface area contributed by atoms with Gasteiger partial charge in [-0.3, -0.25) is 0 Å². The molecule has 0 amide bonds. The van der Waals surface area contributed by atoms with Gasteiger partial charge in [0.05, 0.1) is 0 Å². The molecule has 0 saturated carbocycles. The van der Waals surface area contributed by atoms with Crippen LogP contribution >= 0.6 is 0 Å². The average Bonchev–Trinajstić information content (AvgIpc) is 3.85. The molecule has 1 heterocycles. The second-order valence-electron chi connectivity index (χ2n) is 18.6. The highest BCUT2D eigenvalue weighted by molar-refractivity contribution is 6.06. The molecule has 0 saturated heterocycles. The van der Waals surface area contributed by atoms with E-state index in [0.717, 1.165) is 83.9 Å². The lowest BCUT2D eigenvalue weighted by Gasteiger charge is -2.31. The molecule has 0 spiro atoms. The summed E-state index contributed by atoms with van der Waals surface area (Å²) in [5, 5.41) is 4.64. The normalized spacial score (nSPS) is 11.3. The molecule has 344 valence electrons. The zero-order valence-corrected chi connectivity index (χ0v) is 40.0. The molecular weight excluding hydrogens is 885 g/mol. The van der Waals surface area contributed by atoms with Gasteiger partial charge in [0.2, 0.25) is 0 Å². The minimum atomic E-state index is 0.891. The molecule has 13 rings (SSSR count). The van der Waals surface area contributed by atoms with Gasteiger partial charge in [0.25, 0.3) is 0 Å². The molecule has 0 aliphatic heterocycles. The van der Waals surface area contributed by atoms with E-state index in [2.05, 4.69) is 289 Å². The summed E-state index contributed by atoms with van der Waals surface area (Å²) in [6, 6.07) is 105. The van der Waals surface area contributed by atoms with Crippen molar-refractivity contribution in [1.82, 2.24) is 0 Å². The fourth-order valence-corrected chi connectivity index (χ4v) is 10.3. The molecule has 0 aliphatic carbocycles. The molecule has 12 aromatic carbocycles. The van der Waals surface area contributed by atoms with Gasteiger partial charge < -0.3 is 14.2 Å². The van der Waals surface area contributed by atoms with Gasteiger partial charge in [-0.1, -0.05) is 200 Å². The van der Waals surface area contributed by atoms with Crippen molar-refractivity contribution in [2.45, 2.75) is 0 Å². The van der Waals surface area contributed by atoms with Crippen molar-refractivity contribution in [3.63, 3.8) is 0 Å². The highest BCUT2D eigenvalue weighted by atomic mass is 16.3. The molecule has 73 heavy (non-hydrogen) atoms. The summed E-state index contributed by atoms with van der Waals surface area (Å²) in [5.74, 6) is 0. The molecule has 13 aromatic rings. The molecule has 0 atom stereocenters. The van der Waals surface area contributed by atoms with Crippen molar-refractivity contribution in [2.75, 3.05) is 9.80 Å². The molecule has 3 nitrogen and oxygen atoms in total. The number of anilines is 6. The summed E-state index contributed by atoms with van der Waals surface area (Å²) in [4.78, 5) is 4.79. The van der Waals surface area contributed by atoms with E-state index in [1.807, 2.05) is 12.1 Å². The lowest BCUT2D eigenvalue weighted by atomic mass is 9.98. The van der Waals surface area contributed by atoms with Crippen molar-refractivity contribution in [3.05, 3.63) is 291 Å². The Balaban J connectivity index is 0.997. The van der Waals surface area contributed by atoms with Crippen LogP contribution in [0.25, 0.3) is 88.3 Å². The third kappa shape index (κ3) is 8.60. The SMILES string of the molecule is c1ccc(-c2ccc(N(c3ccc(-c4ccccc4)cc3)c3cc(-c4ccc5ccccc5c4)cc(N(c4ccc(-c5ccccc5)cc4)c4ccc(-c5ccc6oc7ccccc7c6c5)cc4)c3)cc2)cc1. The van der Waals surface area contributed by atoms with Gasteiger partial charge in [-0.15, -0.1) is 0 Å². The van der Waals surface area contributed by atoms with Crippen molar-refractivity contribution in [2.24, 2.45) is 0 Å². The molecule has 0 bridgehead atoms. The number of fused-ring (bicyclic) bond motifs is 4. The first-order valence-electron chi connectivity index (χ1n) is 24.9. The third-order valence-electron chi connectivity index (χ3n) is 14.0. The topological polar surface area (TPSA) is 19.6 Å². The highest BCUT2D eigenvalue weighted by Gasteiger charge is 2.21. The fraction of sp³-hybridized carbons (Fsp3) is 0. The van der Waals surface area contributed by atoms with E-state index >= 15 is 0 Å². The monoisotopic (exact) mass is 932 g/mol. The van der Waals surface area contributed by atoms with Crippen molar-refractivity contribution >= 4 is 66.8 Å². The summed E-state index contributed by atoms with van der Waals surface area (Å²) in [7, 11) is 0. The van der Waals surface area contributed by atoms with Gasteiger partial charge >= 0.3 is 0 Å². The Morgan fingerprint density at radius 2 is 0.548 bits per heavy atom. The minimum Gasteiger partial charge on any atom is -0.456 e. The van der Waals surface area contributed by atoms with Gasteiger partial charge in [-0.05, 0) is 157 Å². The van der Waals surface area contributed by atoms with E-state index in [1.54, 1.807) is 0 Å². The predicted octanol–water partition coefficient (Wildman–Crippen LogP) is 20.0. The zero-order valence-electron chi connectivity index (χ0n) is 40.0. The van der Waals surface area contributed by atoms with Gasteiger partial charge in [0.1, 0.15) is 11.2 Å². The van der Waals surface area contributed by atoms with E-state index in [1.165, 1.54) is 38.6 Å². The second-order valence-corrected chi connectivity index (χ2v) is 18.6. The van der Waals surface area contributed by atoms with Crippen LogP contribution in [-0.2, 0) is 0 Å². The lowest BCUT2D eigenvalue weighted by molar-refractivity contribution is 0.669. The largest absolute Gasteiger partial charge is 0.456 e. The third-order valence-corrected chi connectivity index (χ3v) is 14.0. The molecule has 0 unspecified atom stereocenters. The van der Waals surface area contributed by atoms with Gasteiger partial charge in [-0.2, -0.15) is 0 Å². The van der Waals surface area contributed by atoms with Crippen LogP contribution in [0.4, 0.5) is 34.1 Å². The summed E-state index contributed by atoms with van der Waals surface area (Å²) >= 11 is 0. The molecule has 0 radical (unpaired) electrons. The summed E-state index contributed by atoms with van der Waals surface area (Å²) in [6.45, 7) is 0. The number of hydrogen-bond acceptors (Lipinski definition) is 3. The Morgan fingerprint density at radius 1 is 0.192 bits per heavy atom. The van der Waals surface area contributed by atoms with E-state index in [9.17, 15) is 0 Å². The number of rotatable bonds is 11. The lowest BCUT2D eigenvalue weighted by Crippen LogP contribution is -2.13. The molecular formula is C70H48N2O. The first-order valence-corrected chi connectivity index (χ1v) is 24.9. The molecule has 0 N–H and O–H groups in total. The molecule has 1 aromatic heterocycles. The van der Waals surface area contributed by atoms with E-state index < -0.39 is 0 Å². The van der Waals surface area contributed by atoms with Gasteiger partial charge in [0.15, 0.2) is 0 Å². The van der Waals surface area contributed by atoms with Crippen LogP contribution in [0.5, 0.6) is 0 Å². The van der Waals surface area contributed by atoms with Crippen LogP contribution in [0.1, 0.15) is 0 Å². The predicted molar refractivity (Wildman–Crippen MR) is 308 cm³/mol. The van der Waals surface area contributed by atoms with Gasteiger partial charge in [-0.25, -0.2) is 0 Å². The molecule has 3 heteroatoms. The van der Waals surface area contributed by atoms with Crippen LogP contribution in [-0.4, -0.2) is 0 Å². The van der Waals surface area contributed by atoms with Crippen LogP contribution in [0.2, 0.25) is 0 Å². The van der Waals surface area contributed by atoms with Crippen LogP contribution in [0.15, 0.2) is 296 Å². The summed E-state index contributed by atoms with van der Waals surface area (Å²) in [6.07, 6.45) is 0. The Bertz CT molecular complexity index is 3950. The molecule has 0 aliphatic rings. The Hall–Kier alpha value is -9.70. The Labute approximate surface area is 425 Å². The quantitative estimate of drug-likeness (QED) is 0.129.